The molecule has 1 atom stereocenters. The highest BCUT2D eigenvalue weighted by Gasteiger charge is 2.21. The average Bonchev–Trinajstić information content (AvgIpc) is 2.61. The largest absolute Gasteiger partial charge is 0.384 e. The summed E-state index contributed by atoms with van der Waals surface area (Å²) in [5, 5.41) is 3.16. The summed E-state index contributed by atoms with van der Waals surface area (Å²) in [5.74, 6) is 1.53. The molecule has 1 saturated heterocycles. The van der Waals surface area contributed by atoms with Gasteiger partial charge in [-0.1, -0.05) is 6.07 Å². The maximum absolute atomic E-state index is 5.93. The van der Waals surface area contributed by atoms with Crippen LogP contribution < -0.4 is 11.1 Å². The average molecular weight is 327 g/mol. The Morgan fingerprint density at radius 1 is 1.33 bits per heavy atom. The maximum Gasteiger partial charge on any atom is 0.130 e. The van der Waals surface area contributed by atoms with Crippen LogP contribution >= 0.6 is 0 Å². The number of nitrogens with two attached hydrogens (primary N) is 1. The number of aromatic nitrogens is 2. The normalized spacial score (nSPS) is 18.5. The van der Waals surface area contributed by atoms with Gasteiger partial charge in [0.2, 0.25) is 0 Å². The first-order valence-corrected chi connectivity index (χ1v) is 8.40. The van der Waals surface area contributed by atoms with Crippen molar-refractivity contribution in [1.82, 2.24) is 14.9 Å². The van der Waals surface area contributed by atoms with Gasteiger partial charge in [-0.05, 0) is 36.6 Å². The number of nitrogens with one attached hydrogen (secondary N) is 1. The van der Waals surface area contributed by atoms with E-state index in [4.69, 9.17) is 10.5 Å². The topological polar surface area (TPSA) is 76.3 Å². The third-order valence-corrected chi connectivity index (χ3v) is 4.35. The van der Waals surface area contributed by atoms with Crippen molar-refractivity contribution in [2.24, 2.45) is 0 Å². The number of aryl methyl sites for hydroxylation is 1. The molecule has 0 amide bonds. The van der Waals surface area contributed by atoms with Crippen LogP contribution in [0.5, 0.6) is 0 Å². The summed E-state index contributed by atoms with van der Waals surface area (Å²) < 4.78 is 5.93. The van der Waals surface area contributed by atoms with E-state index in [2.05, 4.69) is 26.3 Å². The monoisotopic (exact) mass is 327 g/mol. The molecule has 0 unspecified atom stereocenters. The fourth-order valence-corrected chi connectivity index (χ4v) is 3.11. The molecule has 0 saturated carbocycles. The number of anilines is 2. The molecule has 3 heterocycles. The maximum atomic E-state index is 5.93. The van der Waals surface area contributed by atoms with Crippen LogP contribution in [0.4, 0.5) is 11.6 Å². The Kier molecular flexibility index (Phi) is 5.61. The zero-order chi connectivity index (χ0) is 16.8. The van der Waals surface area contributed by atoms with Crippen LogP contribution in [-0.4, -0.2) is 47.7 Å². The highest BCUT2D eigenvalue weighted by Crippen LogP contribution is 2.18. The van der Waals surface area contributed by atoms with Gasteiger partial charge in [0.25, 0.3) is 0 Å². The molecule has 1 aliphatic heterocycles. The van der Waals surface area contributed by atoms with Gasteiger partial charge in [-0.25, -0.2) is 9.97 Å². The Hall–Kier alpha value is -2.18. The van der Waals surface area contributed by atoms with E-state index >= 15 is 0 Å². The third kappa shape index (κ3) is 4.43. The summed E-state index contributed by atoms with van der Waals surface area (Å²) in [5.41, 5.74) is 8.18. The molecule has 6 nitrogen and oxygen atoms in total. The smallest absolute Gasteiger partial charge is 0.130 e. The molecule has 0 aliphatic carbocycles. The van der Waals surface area contributed by atoms with Crippen LogP contribution in [0, 0.1) is 0 Å². The van der Waals surface area contributed by atoms with Gasteiger partial charge < -0.3 is 15.8 Å². The molecule has 3 rings (SSSR count). The SMILES string of the molecule is CNc1ncccc1CN1CCO[C@H](CCc2ccnc(N)c2)C1. The number of pyridine rings is 2. The van der Waals surface area contributed by atoms with E-state index in [1.54, 1.807) is 6.20 Å². The molecule has 3 N–H and O–H groups in total. The fraction of sp³-hybridized carbons (Fsp3) is 0.444. The molecule has 2 aromatic heterocycles. The lowest BCUT2D eigenvalue weighted by Crippen LogP contribution is -2.42. The third-order valence-electron chi connectivity index (χ3n) is 4.35. The molecule has 2 aromatic rings. The second kappa shape index (κ2) is 8.08. The molecule has 24 heavy (non-hydrogen) atoms. The summed E-state index contributed by atoms with van der Waals surface area (Å²) in [7, 11) is 1.91. The van der Waals surface area contributed by atoms with E-state index in [0.717, 1.165) is 44.9 Å². The summed E-state index contributed by atoms with van der Waals surface area (Å²) >= 11 is 0. The van der Waals surface area contributed by atoms with E-state index in [9.17, 15) is 0 Å². The minimum atomic E-state index is 0.253. The molecule has 1 aliphatic rings. The van der Waals surface area contributed by atoms with Crippen LogP contribution in [-0.2, 0) is 17.7 Å². The van der Waals surface area contributed by atoms with E-state index < -0.39 is 0 Å². The van der Waals surface area contributed by atoms with Crippen molar-refractivity contribution in [1.29, 1.82) is 0 Å². The zero-order valence-corrected chi connectivity index (χ0v) is 14.1. The highest BCUT2D eigenvalue weighted by atomic mass is 16.5. The number of ether oxygens (including phenoxy) is 1. The molecule has 0 radical (unpaired) electrons. The minimum absolute atomic E-state index is 0.253. The Bertz CT molecular complexity index is 663. The molecule has 128 valence electrons. The first kappa shape index (κ1) is 16.7. The predicted octanol–water partition coefficient (Wildman–Crippen LogP) is 1.93. The van der Waals surface area contributed by atoms with Gasteiger partial charge in [-0.15, -0.1) is 0 Å². The van der Waals surface area contributed by atoms with E-state index in [0.29, 0.717) is 5.82 Å². The summed E-state index contributed by atoms with van der Waals surface area (Å²) in [6.45, 7) is 3.57. The van der Waals surface area contributed by atoms with Gasteiger partial charge in [0.05, 0.1) is 12.7 Å². The van der Waals surface area contributed by atoms with E-state index in [1.807, 2.05) is 31.4 Å². The zero-order valence-electron chi connectivity index (χ0n) is 14.1. The summed E-state index contributed by atoms with van der Waals surface area (Å²) in [6, 6.07) is 8.08. The molecule has 0 aromatic carbocycles. The van der Waals surface area contributed by atoms with E-state index in [1.165, 1.54) is 11.1 Å². The predicted molar refractivity (Wildman–Crippen MR) is 95.8 cm³/mol. The van der Waals surface area contributed by atoms with Crippen molar-refractivity contribution in [3.8, 4) is 0 Å². The van der Waals surface area contributed by atoms with Crippen molar-refractivity contribution in [3.05, 3.63) is 47.8 Å². The van der Waals surface area contributed by atoms with Gasteiger partial charge in [0.15, 0.2) is 0 Å². The van der Waals surface area contributed by atoms with Crippen LogP contribution in [0.3, 0.4) is 0 Å². The van der Waals surface area contributed by atoms with Gasteiger partial charge in [0, 0.05) is 44.6 Å². The summed E-state index contributed by atoms with van der Waals surface area (Å²) in [4.78, 5) is 10.9. The number of rotatable bonds is 6. The van der Waals surface area contributed by atoms with Crippen LogP contribution in [0.15, 0.2) is 36.7 Å². The summed E-state index contributed by atoms with van der Waals surface area (Å²) in [6.07, 6.45) is 5.78. The standard InChI is InChI=1S/C18H25N5O/c1-20-18-15(3-2-7-22-18)12-23-9-10-24-16(13-23)5-4-14-6-8-21-17(19)11-14/h2-3,6-8,11,16H,4-5,9-10,12-13H2,1H3,(H2,19,21)(H,20,22)/t16-/m1/s1. The number of morpholine rings is 1. The van der Waals surface area contributed by atoms with E-state index in [-0.39, 0.29) is 6.10 Å². The molecular formula is C18H25N5O. The van der Waals surface area contributed by atoms with Crippen molar-refractivity contribution in [3.63, 3.8) is 0 Å². The Labute approximate surface area is 143 Å². The lowest BCUT2D eigenvalue weighted by atomic mass is 10.1. The first-order valence-electron chi connectivity index (χ1n) is 8.40. The van der Waals surface area contributed by atoms with Gasteiger partial charge >= 0.3 is 0 Å². The Morgan fingerprint density at radius 2 is 2.25 bits per heavy atom. The van der Waals surface area contributed by atoms with Crippen molar-refractivity contribution >= 4 is 11.6 Å². The van der Waals surface area contributed by atoms with Crippen LogP contribution in [0.25, 0.3) is 0 Å². The molecule has 0 spiro atoms. The van der Waals surface area contributed by atoms with Crippen LogP contribution in [0.2, 0.25) is 0 Å². The quantitative estimate of drug-likeness (QED) is 0.844. The number of nitrogen functional groups attached to an aromatic ring is 1. The number of hydrogen-bond donors (Lipinski definition) is 2. The molecular weight excluding hydrogens is 302 g/mol. The van der Waals surface area contributed by atoms with Gasteiger partial charge in [-0.3, -0.25) is 4.90 Å². The molecule has 6 heteroatoms. The van der Waals surface area contributed by atoms with Crippen molar-refractivity contribution < 1.29 is 4.74 Å². The minimum Gasteiger partial charge on any atom is -0.384 e. The first-order chi connectivity index (χ1) is 11.7. The van der Waals surface area contributed by atoms with Gasteiger partial charge in [0.1, 0.15) is 11.6 Å². The highest BCUT2D eigenvalue weighted by molar-refractivity contribution is 5.42. The van der Waals surface area contributed by atoms with Crippen LogP contribution in [0.1, 0.15) is 17.5 Å². The lowest BCUT2D eigenvalue weighted by Gasteiger charge is -2.33. The number of hydrogen-bond acceptors (Lipinski definition) is 6. The van der Waals surface area contributed by atoms with Gasteiger partial charge in [-0.2, -0.15) is 0 Å². The number of nitrogens with zero attached hydrogens (tertiary/aromatic N) is 3. The molecule has 0 bridgehead atoms. The van der Waals surface area contributed by atoms with Crippen molar-refractivity contribution in [2.45, 2.75) is 25.5 Å². The Balaban J connectivity index is 1.54. The second-order valence-electron chi connectivity index (χ2n) is 6.12. The Morgan fingerprint density at radius 3 is 3.08 bits per heavy atom. The fourth-order valence-electron chi connectivity index (χ4n) is 3.11. The lowest BCUT2D eigenvalue weighted by molar-refractivity contribution is -0.0345. The second-order valence-corrected chi connectivity index (χ2v) is 6.12. The van der Waals surface area contributed by atoms with Crippen molar-refractivity contribution in [2.75, 3.05) is 37.8 Å². The molecule has 1 fully saturated rings.